The van der Waals surface area contributed by atoms with Crippen LogP contribution in [0.3, 0.4) is 0 Å². The molecule has 0 unspecified atom stereocenters. The molecule has 1 atom stereocenters. The molecule has 0 aliphatic carbocycles. The lowest BCUT2D eigenvalue weighted by atomic mass is 9.92. The van der Waals surface area contributed by atoms with E-state index in [9.17, 15) is 9.59 Å². The summed E-state index contributed by atoms with van der Waals surface area (Å²) in [6, 6.07) is 26.7. The average molecular weight is 428 g/mol. The molecule has 0 saturated heterocycles. The topological polar surface area (TPSA) is 55.8 Å². The summed E-state index contributed by atoms with van der Waals surface area (Å²) in [5, 5.41) is 0. The summed E-state index contributed by atoms with van der Waals surface area (Å²) >= 11 is 0. The lowest BCUT2D eigenvalue weighted by molar-refractivity contribution is 0.0600. The molecule has 0 spiro atoms. The van der Waals surface area contributed by atoms with E-state index in [2.05, 4.69) is 18.2 Å². The SMILES string of the molecule is COC(=O)c1ccc([C@@H]2C=C(c3ccccc3)CCN2C(=O)OCc2ccccc2)cc1. The first-order valence-electron chi connectivity index (χ1n) is 10.6. The zero-order valence-electron chi connectivity index (χ0n) is 17.9. The fourth-order valence-electron chi connectivity index (χ4n) is 3.85. The molecule has 162 valence electrons. The van der Waals surface area contributed by atoms with Gasteiger partial charge in [0.25, 0.3) is 0 Å². The van der Waals surface area contributed by atoms with Crippen LogP contribution in [0.25, 0.3) is 5.57 Å². The highest BCUT2D eigenvalue weighted by atomic mass is 16.6. The van der Waals surface area contributed by atoms with Crippen LogP contribution in [0.2, 0.25) is 0 Å². The average Bonchev–Trinajstić information content (AvgIpc) is 2.87. The summed E-state index contributed by atoms with van der Waals surface area (Å²) < 4.78 is 10.4. The van der Waals surface area contributed by atoms with Crippen LogP contribution in [-0.2, 0) is 16.1 Å². The molecule has 1 aliphatic heterocycles. The molecule has 4 rings (SSSR count). The first-order chi connectivity index (χ1) is 15.7. The summed E-state index contributed by atoms with van der Waals surface area (Å²) in [6.07, 6.45) is 2.48. The number of hydrogen-bond donors (Lipinski definition) is 0. The van der Waals surface area contributed by atoms with Gasteiger partial charge in [-0.15, -0.1) is 0 Å². The fourth-order valence-corrected chi connectivity index (χ4v) is 3.85. The Labute approximate surface area is 187 Å². The second-order valence-corrected chi connectivity index (χ2v) is 7.60. The number of rotatable bonds is 5. The van der Waals surface area contributed by atoms with Crippen molar-refractivity contribution < 1.29 is 19.1 Å². The molecular formula is C27H25NO4. The summed E-state index contributed by atoms with van der Waals surface area (Å²) in [4.78, 5) is 26.6. The summed E-state index contributed by atoms with van der Waals surface area (Å²) in [5.74, 6) is -0.389. The Bertz CT molecular complexity index is 1090. The molecular weight excluding hydrogens is 402 g/mol. The number of ether oxygens (including phenoxy) is 2. The van der Waals surface area contributed by atoms with Gasteiger partial charge >= 0.3 is 12.1 Å². The zero-order chi connectivity index (χ0) is 22.3. The van der Waals surface area contributed by atoms with Crippen molar-refractivity contribution in [3.63, 3.8) is 0 Å². The Morgan fingerprint density at radius 1 is 0.906 bits per heavy atom. The van der Waals surface area contributed by atoms with Gasteiger partial charge in [0, 0.05) is 6.54 Å². The molecule has 1 heterocycles. The van der Waals surface area contributed by atoms with Gasteiger partial charge in [0.1, 0.15) is 6.61 Å². The van der Waals surface area contributed by atoms with Gasteiger partial charge in [-0.25, -0.2) is 9.59 Å². The van der Waals surface area contributed by atoms with E-state index in [0.717, 1.165) is 23.1 Å². The third-order valence-corrected chi connectivity index (χ3v) is 5.57. The van der Waals surface area contributed by atoms with Crippen LogP contribution in [0.4, 0.5) is 4.79 Å². The molecule has 1 amide bonds. The smallest absolute Gasteiger partial charge is 0.410 e. The molecule has 0 fully saturated rings. The number of carbonyl (C=O) groups excluding carboxylic acids is 2. The van der Waals surface area contributed by atoms with Gasteiger partial charge in [-0.2, -0.15) is 0 Å². The second-order valence-electron chi connectivity index (χ2n) is 7.60. The Balaban J connectivity index is 1.60. The third-order valence-electron chi connectivity index (χ3n) is 5.57. The predicted molar refractivity (Wildman–Crippen MR) is 123 cm³/mol. The van der Waals surface area contributed by atoms with Gasteiger partial charge in [-0.3, -0.25) is 4.90 Å². The third kappa shape index (κ3) is 4.89. The zero-order valence-corrected chi connectivity index (χ0v) is 17.9. The first kappa shape index (κ1) is 21.4. The summed E-state index contributed by atoms with van der Waals surface area (Å²) in [7, 11) is 1.36. The van der Waals surface area contributed by atoms with Crippen LogP contribution < -0.4 is 0 Å². The van der Waals surface area contributed by atoms with E-state index >= 15 is 0 Å². The molecule has 3 aromatic carbocycles. The maximum atomic E-state index is 13.0. The lowest BCUT2D eigenvalue weighted by Crippen LogP contribution is -2.37. The standard InChI is InChI=1S/C27H25NO4/c1-31-26(29)23-14-12-22(13-15-23)25-18-24(21-10-6-3-7-11-21)16-17-28(25)27(30)32-19-20-8-4-2-5-9-20/h2-15,18,25H,16-17,19H2,1H3/t25-/m0/s1. The van der Waals surface area contributed by atoms with Crippen molar-refractivity contribution in [1.82, 2.24) is 4.90 Å². The van der Waals surface area contributed by atoms with E-state index in [0.29, 0.717) is 12.1 Å². The van der Waals surface area contributed by atoms with E-state index in [1.165, 1.54) is 12.7 Å². The number of carbonyl (C=O) groups is 2. The van der Waals surface area contributed by atoms with Crippen molar-refractivity contribution in [2.45, 2.75) is 19.1 Å². The summed E-state index contributed by atoms with van der Waals surface area (Å²) in [6.45, 7) is 0.761. The highest BCUT2D eigenvalue weighted by Crippen LogP contribution is 2.34. The van der Waals surface area contributed by atoms with Gasteiger partial charge in [0.2, 0.25) is 0 Å². The minimum atomic E-state index is -0.389. The van der Waals surface area contributed by atoms with Crippen LogP contribution in [0.15, 0.2) is 91.0 Å². The maximum absolute atomic E-state index is 13.0. The Hall–Kier alpha value is -3.86. The number of nitrogens with zero attached hydrogens (tertiary/aromatic N) is 1. The van der Waals surface area contributed by atoms with E-state index in [1.807, 2.05) is 60.7 Å². The van der Waals surface area contributed by atoms with Crippen molar-refractivity contribution in [1.29, 1.82) is 0 Å². The van der Waals surface area contributed by atoms with E-state index < -0.39 is 0 Å². The minimum absolute atomic E-state index is 0.222. The Morgan fingerprint density at radius 3 is 2.22 bits per heavy atom. The van der Waals surface area contributed by atoms with Crippen LogP contribution in [0, 0.1) is 0 Å². The van der Waals surface area contributed by atoms with Crippen LogP contribution >= 0.6 is 0 Å². The molecule has 0 N–H and O–H groups in total. The van der Waals surface area contributed by atoms with Gasteiger partial charge < -0.3 is 9.47 Å². The molecule has 0 aromatic heterocycles. The predicted octanol–water partition coefficient (Wildman–Crippen LogP) is 5.64. The normalized spacial score (nSPS) is 15.6. The molecule has 5 nitrogen and oxygen atoms in total. The largest absolute Gasteiger partial charge is 0.465 e. The number of hydrogen-bond acceptors (Lipinski definition) is 4. The van der Waals surface area contributed by atoms with Crippen LogP contribution in [0.5, 0.6) is 0 Å². The second kappa shape index (κ2) is 9.96. The molecule has 0 bridgehead atoms. The van der Waals surface area contributed by atoms with E-state index in [4.69, 9.17) is 9.47 Å². The lowest BCUT2D eigenvalue weighted by Gasteiger charge is -2.34. The quantitative estimate of drug-likeness (QED) is 0.495. The van der Waals surface area contributed by atoms with E-state index in [1.54, 1.807) is 17.0 Å². The molecule has 5 heteroatoms. The van der Waals surface area contributed by atoms with Crippen molar-refractivity contribution in [2.75, 3.05) is 13.7 Å². The van der Waals surface area contributed by atoms with Crippen molar-refractivity contribution in [3.8, 4) is 0 Å². The van der Waals surface area contributed by atoms with Crippen molar-refractivity contribution >= 4 is 17.6 Å². The number of methoxy groups -OCH3 is 1. The highest BCUT2D eigenvalue weighted by Gasteiger charge is 2.29. The number of benzene rings is 3. The Morgan fingerprint density at radius 2 is 1.56 bits per heavy atom. The van der Waals surface area contributed by atoms with Gasteiger partial charge in [0.15, 0.2) is 0 Å². The van der Waals surface area contributed by atoms with Gasteiger partial charge in [0.05, 0.1) is 18.7 Å². The minimum Gasteiger partial charge on any atom is -0.465 e. The highest BCUT2D eigenvalue weighted by molar-refractivity contribution is 5.89. The van der Waals surface area contributed by atoms with Crippen LogP contribution in [0.1, 0.15) is 39.5 Å². The van der Waals surface area contributed by atoms with Crippen molar-refractivity contribution in [2.24, 2.45) is 0 Å². The summed E-state index contributed by atoms with van der Waals surface area (Å²) in [5.41, 5.74) is 4.64. The van der Waals surface area contributed by atoms with Gasteiger partial charge in [-0.05, 0) is 40.8 Å². The molecule has 0 saturated carbocycles. The number of esters is 1. The van der Waals surface area contributed by atoms with Gasteiger partial charge in [-0.1, -0.05) is 78.9 Å². The molecule has 0 radical (unpaired) electrons. The Kier molecular flexibility index (Phi) is 6.66. The molecule has 32 heavy (non-hydrogen) atoms. The molecule has 1 aliphatic rings. The fraction of sp³-hybridized carbons (Fsp3) is 0.185. The maximum Gasteiger partial charge on any atom is 0.410 e. The molecule has 3 aromatic rings. The number of amides is 1. The van der Waals surface area contributed by atoms with E-state index in [-0.39, 0.29) is 24.7 Å². The first-order valence-corrected chi connectivity index (χ1v) is 10.6. The van der Waals surface area contributed by atoms with Crippen LogP contribution in [-0.4, -0.2) is 30.6 Å². The van der Waals surface area contributed by atoms with Crippen molar-refractivity contribution in [3.05, 3.63) is 113 Å². The monoisotopic (exact) mass is 427 g/mol.